The van der Waals surface area contributed by atoms with E-state index >= 15 is 0 Å². The molecular weight excluding hydrogens is 481 g/mol. The fraction of sp³-hybridized carbons (Fsp3) is 0.435. The smallest absolute Gasteiger partial charge is 0.347 e. The average molecular weight is 500 g/mol. The SMILES string of the molecule is O=C(N[C@@H](c1cc(F)c(Cl)cc1F)C1CC1)[C@H]1C[C@H]2C[C@H]2N1C(=O)c1cccc(C(F)(F)F)n1. The van der Waals surface area contributed by atoms with E-state index in [0.29, 0.717) is 25.7 Å². The van der Waals surface area contributed by atoms with Crippen LogP contribution in [0.2, 0.25) is 5.02 Å². The Morgan fingerprint density at radius 2 is 1.85 bits per heavy atom. The van der Waals surface area contributed by atoms with Gasteiger partial charge in [-0.1, -0.05) is 17.7 Å². The molecule has 0 radical (unpaired) electrons. The molecule has 1 aliphatic heterocycles. The van der Waals surface area contributed by atoms with Crippen molar-refractivity contribution in [3.05, 3.63) is 63.9 Å². The molecule has 3 aliphatic rings. The Morgan fingerprint density at radius 3 is 2.53 bits per heavy atom. The van der Waals surface area contributed by atoms with Gasteiger partial charge in [0, 0.05) is 11.6 Å². The predicted molar refractivity (Wildman–Crippen MR) is 111 cm³/mol. The lowest BCUT2D eigenvalue weighted by Gasteiger charge is -2.29. The van der Waals surface area contributed by atoms with E-state index in [0.717, 1.165) is 24.3 Å². The summed E-state index contributed by atoms with van der Waals surface area (Å²) < 4.78 is 67.7. The molecule has 2 aromatic rings. The molecule has 0 spiro atoms. The summed E-state index contributed by atoms with van der Waals surface area (Å²) in [4.78, 5) is 31.1. The standard InChI is InChI=1S/C23H19ClF5N3O2/c24-13-9-14(25)12(8-15(13)26)20(10-4-5-10)31-21(33)18-7-11-6-17(11)32(18)22(34)16-2-1-3-19(30-16)23(27,28)29/h1-3,8-11,17-18,20H,4-7H2,(H,31,33)/t11-,17-,18-,20-/m1/s1. The fourth-order valence-electron chi connectivity index (χ4n) is 4.73. The highest BCUT2D eigenvalue weighted by molar-refractivity contribution is 6.30. The van der Waals surface area contributed by atoms with E-state index in [1.54, 1.807) is 0 Å². The van der Waals surface area contributed by atoms with Gasteiger partial charge in [0.1, 0.15) is 29.1 Å². The zero-order valence-corrected chi connectivity index (χ0v) is 18.3. The van der Waals surface area contributed by atoms with Gasteiger partial charge in [-0.25, -0.2) is 13.8 Å². The Kier molecular flexibility index (Phi) is 5.54. The zero-order chi connectivity index (χ0) is 24.4. The highest BCUT2D eigenvalue weighted by atomic mass is 35.5. The molecule has 11 heteroatoms. The van der Waals surface area contributed by atoms with E-state index in [1.807, 2.05) is 0 Å². The minimum Gasteiger partial charge on any atom is -0.347 e. The van der Waals surface area contributed by atoms with Crippen molar-refractivity contribution in [3.8, 4) is 0 Å². The van der Waals surface area contributed by atoms with Crippen LogP contribution in [0.5, 0.6) is 0 Å². The summed E-state index contributed by atoms with van der Waals surface area (Å²) in [5.74, 6) is -2.91. The minimum atomic E-state index is -4.71. The Balaban J connectivity index is 1.38. The number of amides is 2. The van der Waals surface area contributed by atoms with Crippen LogP contribution in [0.25, 0.3) is 0 Å². The van der Waals surface area contributed by atoms with Crippen molar-refractivity contribution in [3.63, 3.8) is 0 Å². The molecule has 5 rings (SSSR count). The summed E-state index contributed by atoms with van der Waals surface area (Å²) in [5.41, 5.74) is -1.62. The number of likely N-dealkylation sites (tertiary alicyclic amines) is 1. The van der Waals surface area contributed by atoms with Crippen molar-refractivity contribution < 1.29 is 31.5 Å². The fourth-order valence-corrected chi connectivity index (χ4v) is 4.88. The lowest BCUT2D eigenvalue weighted by Crippen LogP contribution is -2.49. The Labute approximate surface area is 196 Å². The van der Waals surface area contributed by atoms with Crippen molar-refractivity contribution in [1.29, 1.82) is 0 Å². The molecule has 2 saturated carbocycles. The van der Waals surface area contributed by atoms with E-state index in [1.165, 1.54) is 11.0 Å². The first-order valence-corrected chi connectivity index (χ1v) is 11.2. The topological polar surface area (TPSA) is 62.3 Å². The number of benzene rings is 1. The van der Waals surface area contributed by atoms with Gasteiger partial charge < -0.3 is 10.2 Å². The average Bonchev–Trinajstić information content (AvgIpc) is 3.72. The molecule has 1 aromatic heterocycles. The summed E-state index contributed by atoms with van der Waals surface area (Å²) in [6.45, 7) is 0. The molecule has 180 valence electrons. The van der Waals surface area contributed by atoms with Crippen LogP contribution in [-0.2, 0) is 11.0 Å². The summed E-state index contributed by atoms with van der Waals surface area (Å²) in [7, 11) is 0. The van der Waals surface area contributed by atoms with E-state index in [9.17, 15) is 31.5 Å². The van der Waals surface area contributed by atoms with Crippen LogP contribution in [0.15, 0.2) is 30.3 Å². The van der Waals surface area contributed by atoms with Crippen molar-refractivity contribution >= 4 is 23.4 Å². The van der Waals surface area contributed by atoms with Crippen molar-refractivity contribution in [2.75, 3.05) is 0 Å². The third kappa shape index (κ3) is 4.23. The maximum Gasteiger partial charge on any atom is 0.433 e. The normalized spacial score (nSPS) is 24.5. The molecule has 4 atom stereocenters. The van der Waals surface area contributed by atoms with Crippen LogP contribution >= 0.6 is 11.6 Å². The number of fused-ring (bicyclic) bond motifs is 1. The number of alkyl halides is 3. The van der Waals surface area contributed by atoms with E-state index < -0.39 is 53.1 Å². The van der Waals surface area contributed by atoms with Crippen LogP contribution in [0.4, 0.5) is 22.0 Å². The number of hydrogen-bond donors (Lipinski definition) is 1. The zero-order valence-electron chi connectivity index (χ0n) is 17.6. The number of pyridine rings is 1. The third-order valence-electron chi connectivity index (χ3n) is 6.67. The van der Waals surface area contributed by atoms with E-state index in [2.05, 4.69) is 10.3 Å². The second-order valence-corrected chi connectivity index (χ2v) is 9.45. The summed E-state index contributed by atoms with van der Waals surface area (Å²) in [5, 5.41) is 2.38. The van der Waals surface area contributed by atoms with Gasteiger partial charge in [-0.05, 0) is 61.8 Å². The number of carbonyl (C=O) groups excluding carboxylic acids is 2. The van der Waals surface area contributed by atoms with Gasteiger partial charge in [0.05, 0.1) is 11.1 Å². The van der Waals surface area contributed by atoms with Crippen LogP contribution in [-0.4, -0.2) is 33.8 Å². The van der Waals surface area contributed by atoms with E-state index in [4.69, 9.17) is 11.6 Å². The first-order valence-electron chi connectivity index (χ1n) is 10.9. The summed E-state index contributed by atoms with van der Waals surface area (Å²) in [6, 6.07) is 2.86. The molecule has 34 heavy (non-hydrogen) atoms. The van der Waals surface area contributed by atoms with Crippen molar-refractivity contribution in [1.82, 2.24) is 15.2 Å². The highest BCUT2D eigenvalue weighted by Crippen LogP contribution is 2.49. The van der Waals surface area contributed by atoms with Gasteiger partial charge in [0.25, 0.3) is 5.91 Å². The van der Waals surface area contributed by atoms with Crippen LogP contribution in [0.1, 0.15) is 53.5 Å². The Morgan fingerprint density at radius 1 is 1.12 bits per heavy atom. The number of aromatic nitrogens is 1. The van der Waals surface area contributed by atoms with Gasteiger partial charge >= 0.3 is 6.18 Å². The quantitative estimate of drug-likeness (QED) is 0.470. The lowest BCUT2D eigenvalue weighted by molar-refractivity contribution is -0.141. The number of nitrogens with zero attached hydrogens (tertiary/aromatic N) is 2. The van der Waals surface area contributed by atoms with Crippen molar-refractivity contribution in [2.24, 2.45) is 11.8 Å². The maximum atomic E-state index is 14.6. The van der Waals surface area contributed by atoms with Crippen molar-refractivity contribution in [2.45, 2.75) is 50.0 Å². The molecule has 1 aromatic carbocycles. The number of carbonyl (C=O) groups is 2. The molecule has 1 saturated heterocycles. The molecule has 2 amide bonds. The Bertz CT molecular complexity index is 1170. The summed E-state index contributed by atoms with van der Waals surface area (Å²) in [6.07, 6.45) is -2.30. The number of hydrogen-bond acceptors (Lipinski definition) is 3. The Hall–Kier alpha value is -2.75. The van der Waals surface area contributed by atoms with E-state index in [-0.39, 0.29) is 28.5 Å². The maximum absolute atomic E-state index is 14.6. The first-order chi connectivity index (χ1) is 16.0. The largest absolute Gasteiger partial charge is 0.433 e. The molecule has 0 unspecified atom stereocenters. The molecule has 1 N–H and O–H groups in total. The van der Waals surface area contributed by atoms with Crippen LogP contribution in [0, 0.1) is 23.5 Å². The minimum absolute atomic E-state index is 0.0293. The van der Waals surface area contributed by atoms with Gasteiger partial charge in [-0.3, -0.25) is 9.59 Å². The number of halogens is 6. The first kappa shape index (κ1) is 23.0. The molecule has 0 bridgehead atoms. The number of piperidine rings is 1. The second-order valence-electron chi connectivity index (χ2n) is 9.04. The van der Waals surface area contributed by atoms with Crippen LogP contribution < -0.4 is 5.32 Å². The summed E-state index contributed by atoms with van der Waals surface area (Å²) >= 11 is 5.64. The number of nitrogens with one attached hydrogen (secondary N) is 1. The molecule has 2 aliphatic carbocycles. The third-order valence-corrected chi connectivity index (χ3v) is 6.96. The van der Waals surface area contributed by atoms with Gasteiger partial charge in [0.2, 0.25) is 5.91 Å². The molecular formula is C23H19ClF5N3O2. The predicted octanol–water partition coefficient (Wildman–Crippen LogP) is 4.90. The highest BCUT2D eigenvalue weighted by Gasteiger charge is 2.57. The van der Waals surface area contributed by atoms with Crippen LogP contribution in [0.3, 0.4) is 0 Å². The molecule has 3 fully saturated rings. The van der Waals surface area contributed by atoms with Gasteiger partial charge in [-0.15, -0.1) is 0 Å². The lowest BCUT2D eigenvalue weighted by atomic mass is 10.00. The molecule has 2 heterocycles. The monoisotopic (exact) mass is 499 g/mol. The second kappa shape index (κ2) is 8.18. The van der Waals surface area contributed by atoms with Gasteiger partial charge in [-0.2, -0.15) is 13.2 Å². The van der Waals surface area contributed by atoms with Gasteiger partial charge in [0.15, 0.2) is 0 Å². The number of rotatable bonds is 5. The molecule has 5 nitrogen and oxygen atoms in total.